The molecule has 37 heavy (non-hydrogen) atoms. The van der Waals surface area contributed by atoms with Crippen molar-refractivity contribution >= 4 is 22.1 Å². The molecule has 0 radical (unpaired) electrons. The molecule has 204 valence electrons. The van der Waals surface area contributed by atoms with Crippen LogP contribution in [0.3, 0.4) is 0 Å². The third-order valence-electron chi connectivity index (χ3n) is 5.66. The van der Waals surface area contributed by atoms with Crippen LogP contribution in [0.1, 0.15) is 31.7 Å². The molecule has 1 amide bonds. The topological polar surface area (TPSA) is 113 Å². The molecule has 2 aromatic rings. The van der Waals surface area contributed by atoms with Gasteiger partial charge in [0, 0.05) is 20.2 Å². The van der Waals surface area contributed by atoms with Crippen LogP contribution in [0.25, 0.3) is 0 Å². The van der Waals surface area contributed by atoms with Gasteiger partial charge >= 0.3 is 16.4 Å². The van der Waals surface area contributed by atoms with Crippen LogP contribution in [0.2, 0.25) is 0 Å². The van der Waals surface area contributed by atoms with Crippen molar-refractivity contribution in [3.8, 4) is 17.2 Å². The Kier molecular flexibility index (Phi) is 10.8. The van der Waals surface area contributed by atoms with Crippen LogP contribution in [0.5, 0.6) is 17.2 Å². The number of carbonyl (C=O) groups excluding carboxylic acids is 1. The summed E-state index contributed by atoms with van der Waals surface area (Å²) in [6, 6.07) is 12.5. The second-order valence-electron chi connectivity index (χ2n) is 8.61. The molecular formula is C26H36N2O8S. The standard InChI is InChI=1S/C26H36N2O8S/c1-4-16-28(25-23(34-18-17-32-2)10-7-11-24(25)35-19-20-12-13-20)26(29)36-37(30,31)27-15-14-21-8-5-6-9-22(21)33-3/h5-11,20,27H,4,12-19H2,1-3H3. The molecule has 0 aromatic heterocycles. The van der Waals surface area contributed by atoms with Crippen LogP contribution in [0.15, 0.2) is 42.5 Å². The first-order valence-electron chi connectivity index (χ1n) is 12.4. The molecule has 1 saturated carbocycles. The fourth-order valence-electron chi connectivity index (χ4n) is 3.63. The molecule has 1 aliphatic carbocycles. The molecule has 0 spiro atoms. The predicted octanol–water partition coefficient (Wildman–Crippen LogP) is 3.94. The highest BCUT2D eigenvalue weighted by Gasteiger charge is 2.30. The molecule has 11 heteroatoms. The van der Waals surface area contributed by atoms with Gasteiger partial charge < -0.3 is 23.1 Å². The van der Waals surface area contributed by atoms with E-state index in [2.05, 4.69) is 4.72 Å². The fourth-order valence-corrected chi connectivity index (χ4v) is 4.32. The smallest absolute Gasteiger partial charge is 0.431 e. The summed E-state index contributed by atoms with van der Waals surface area (Å²) < 4.78 is 54.8. The predicted molar refractivity (Wildman–Crippen MR) is 140 cm³/mol. The summed E-state index contributed by atoms with van der Waals surface area (Å²) >= 11 is 0. The Balaban J connectivity index is 1.75. The SMILES string of the molecule is CCCN(C(=O)OS(=O)(=O)NCCc1ccccc1OC)c1c(OCCOC)cccc1OCC1CC1. The number of nitrogens with one attached hydrogen (secondary N) is 1. The van der Waals surface area contributed by atoms with Crippen LogP contribution < -0.4 is 23.8 Å². The molecule has 0 heterocycles. The summed E-state index contributed by atoms with van der Waals surface area (Å²) in [4.78, 5) is 14.4. The molecular weight excluding hydrogens is 500 g/mol. The summed E-state index contributed by atoms with van der Waals surface area (Å²) in [6.45, 7) is 3.19. The number of amides is 1. The van der Waals surface area contributed by atoms with E-state index in [1.165, 1.54) is 4.90 Å². The lowest BCUT2D eigenvalue weighted by atomic mass is 10.1. The number of nitrogens with zero attached hydrogens (tertiary/aromatic N) is 1. The third kappa shape index (κ3) is 8.80. The number of methoxy groups -OCH3 is 2. The van der Waals surface area contributed by atoms with Crippen molar-refractivity contribution in [1.29, 1.82) is 0 Å². The summed E-state index contributed by atoms with van der Waals surface area (Å²) in [5.41, 5.74) is 1.15. The van der Waals surface area contributed by atoms with Crippen LogP contribution in [0, 0.1) is 5.92 Å². The van der Waals surface area contributed by atoms with Crippen LogP contribution in [0.4, 0.5) is 10.5 Å². The van der Waals surface area contributed by atoms with Crippen LogP contribution >= 0.6 is 0 Å². The highest BCUT2D eigenvalue weighted by Crippen LogP contribution is 2.40. The van der Waals surface area contributed by atoms with E-state index in [4.69, 9.17) is 23.1 Å². The second kappa shape index (κ2) is 14.1. The summed E-state index contributed by atoms with van der Waals surface area (Å²) in [5.74, 6) is 1.92. The van der Waals surface area contributed by atoms with Crippen LogP contribution in [-0.2, 0) is 25.6 Å². The minimum Gasteiger partial charge on any atom is -0.496 e. The number of ether oxygens (including phenoxy) is 4. The minimum atomic E-state index is -4.39. The first-order valence-corrected chi connectivity index (χ1v) is 13.8. The number of benzene rings is 2. The van der Waals surface area contributed by atoms with Gasteiger partial charge in [0.2, 0.25) is 0 Å². The first-order chi connectivity index (χ1) is 17.9. The number of carbonyl (C=O) groups is 1. The molecule has 0 saturated heterocycles. The maximum atomic E-state index is 13.2. The highest BCUT2D eigenvalue weighted by molar-refractivity contribution is 7.85. The zero-order valence-electron chi connectivity index (χ0n) is 21.6. The molecule has 0 unspecified atom stereocenters. The van der Waals surface area contributed by atoms with Gasteiger partial charge in [-0.2, -0.15) is 13.1 Å². The molecule has 2 aromatic carbocycles. The number of para-hydroxylation sites is 2. The van der Waals surface area contributed by atoms with Gasteiger partial charge in [-0.05, 0) is 55.4 Å². The minimum absolute atomic E-state index is 0.0240. The van der Waals surface area contributed by atoms with Gasteiger partial charge in [0.05, 0.1) is 20.3 Å². The maximum Gasteiger partial charge on any atom is 0.431 e. The van der Waals surface area contributed by atoms with Gasteiger partial charge in [-0.1, -0.05) is 31.2 Å². The van der Waals surface area contributed by atoms with Gasteiger partial charge in [-0.25, -0.2) is 4.79 Å². The van der Waals surface area contributed by atoms with Gasteiger partial charge in [0.1, 0.15) is 29.5 Å². The van der Waals surface area contributed by atoms with Crippen LogP contribution in [-0.4, -0.2) is 61.6 Å². The quantitative estimate of drug-likeness (QED) is 0.321. The van der Waals surface area contributed by atoms with Gasteiger partial charge in [-0.3, -0.25) is 4.90 Å². The largest absolute Gasteiger partial charge is 0.496 e. The zero-order valence-corrected chi connectivity index (χ0v) is 22.4. The molecule has 0 aliphatic heterocycles. The molecule has 1 fully saturated rings. The number of hydrogen-bond acceptors (Lipinski definition) is 8. The van der Waals surface area contributed by atoms with Gasteiger partial charge in [0.25, 0.3) is 0 Å². The first kappa shape index (κ1) is 28.5. The van der Waals surface area contributed by atoms with E-state index in [9.17, 15) is 13.2 Å². The van der Waals surface area contributed by atoms with Crippen molar-refractivity contribution in [3.63, 3.8) is 0 Å². The Hall–Kier alpha value is -3.02. The van der Waals surface area contributed by atoms with Crippen molar-refractivity contribution < 1.29 is 36.3 Å². The zero-order chi connectivity index (χ0) is 26.7. The van der Waals surface area contributed by atoms with E-state index in [-0.39, 0.29) is 19.7 Å². The summed E-state index contributed by atoms with van der Waals surface area (Å²) in [7, 11) is -1.28. The fraction of sp³-hybridized carbons (Fsp3) is 0.500. The van der Waals surface area contributed by atoms with E-state index < -0.39 is 16.4 Å². The molecule has 1 N–H and O–H groups in total. The maximum absolute atomic E-state index is 13.2. The van der Waals surface area contributed by atoms with Gasteiger partial charge in [0.15, 0.2) is 0 Å². The van der Waals surface area contributed by atoms with E-state index in [0.717, 1.165) is 18.4 Å². The second-order valence-corrected chi connectivity index (χ2v) is 9.97. The Morgan fingerprint density at radius 3 is 2.38 bits per heavy atom. The number of rotatable bonds is 16. The van der Waals surface area contributed by atoms with Crippen molar-refractivity contribution in [1.82, 2.24) is 4.72 Å². The Morgan fingerprint density at radius 2 is 1.70 bits per heavy atom. The average molecular weight is 537 g/mol. The molecule has 0 bridgehead atoms. The number of hydrogen-bond donors (Lipinski definition) is 1. The molecule has 3 rings (SSSR count). The van der Waals surface area contributed by atoms with E-state index >= 15 is 0 Å². The summed E-state index contributed by atoms with van der Waals surface area (Å²) in [6.07, 6.45) is 2.04. The lowest BCUT2D eigenvalue weighted by Gasteiger charge is -2.26. The monoisotopic (exact) mass is 536 g/mol. The van der Waals surface area contributed by atoms with E-state index in [0.29, 0.717) is 54.9 Å². The average Bonchev–Trinajstić information content (AvgIpc) is 3.71. The van der Waals surface area contributed by atoms with Crippen molar-refractivity contribution in [2.45, 2.75) is 32.6 Å². The highest BCUT2D eigenvalue weighted by atomic mass is 32.2. The Bertz CT molecular complexity index is 1120. The molecule has 0 atom stereocenters. The Labute approximate surface area is 219 Å². The van der Waals surface area contributed by atoms with Crippen molar-refractivity contribution in [3.05, 3.63) is 48.0 Å². The van der Waals surface area contributed by atoms with E-state index in [1.807, 2.05) is 25.1 Å². The third-order valence-corrected chi connectivity index (χ3v) is 6.58. The Morgan fingerprint density at radius 1 is 1.00 bits per heavy atom. The molecule has 1 aliphatic rings. The van der Waals surface area contributed by atoms with E-state index in [1.54, 1.807) is 38.5 Å². The lowest BCUT2D eigenvalue weighted by molar-refractivity contribution is 0.146. The normalized spacial score (nSPS) is 13.2. The van der Waals surface area contributed by atoms with Gasteiger partial charge in [-0.15, -0.1) is 0 Å². The summed E-state index contributed by atoms with van der Waals surface area (Å²) in [5, 5.41) is 0. The van der Waals surface area contributed by atoms with Crippen molar-refractivity contribution in [2.75, 3.05) is 52.0 Å². The molecule has 10 nitrogen and oxygen atoms in total. The van der Waals surface area contributed by atoms with Crippen molar-refractivity contribution in [2.24, 2.45) is 5.92 Å². The lowest BCUT2D eigenvalue weighted by Crippen LogP contribution is -2.38. The number of anilines is 1.